The first-order valence-corrected chi connectivity index (χ1v) is 6.71. The summed E-state index contributed by atoms with van der Waals surface area (Å²) in [5.41, 5.74) is -0.0829. The molecule has 3 nitrogen and oxygen atoms in total. The molecule has 1 rings (SSSR count). The number of rotatable bonds is 7. The number of nitrogens with zero attached hydrogens (tertiary/aromatic N) is 1. The Kier molecular flexibility index (Phi) is 5.38. The first-order chi connectivity index (χ1) is 7.72. The zero-order valence-corrected chi connectivity index (χ0v) is 11.4. The number of hydrogen-bond donors (Lipinski definition) is 1. The molecule has 92 valence electrons. The van der Waals surface area contributed by atoms with E-state index in [2.05, 4.69) is 24.1 Å². The van der Waals surface area contributed by atoms with E-state index >= 15 is 0 Å². The zero-order valence-electron chi connectivity index (χ0n) is 10.6. The molecule has 1 atom stereocenters. The van der Waals surface area contributed by atoms with E-state index in [1.165, 1.54) is 5.01 Å². The lowest BCUT2D eigenvalue weighted by Gasteiger charge is -2.38. The highest BCUT2D eigenvalue weighted by atomic mass is 32.1. The van der Waals surface area contributed by atoms with Crippen LogP contribution < -0.4 is 5.32 Å². The van der Waals surface area contributed by atoms with Gasteiger partial charge in [0.05, 0.1) is 10.6 Å². The molecule has 1 heterocycles. The summed E-state index contributed by atoms with van der Waals surface area (Å²) in [5, 5.41) is 6.57. The van der Waals surface area contributed by atoms with Crippen LogP contribution in [0.5, 0.6) is 0 Å². The molecule has 16 heavy (non-hydrogen) atoms. The van der Waals surface area contributed by atoms with Gasteiger partial charge in [-0.1, -0.05) is 13.8 Å². The molecule has 0 bridgehead atoms. The van der Waals surface area contributed by atoms with Gasteiger partial charge in [-0.15, -0.1) is 11.3 Å². The number of hydrogen-bond acceptors (Lipinski definition) is 4. The topological polar surface area (TPSA) is 34.1 Å². The lowest BCUT2D eigenvalue weighted by molar-refractivity contribution is -0.0454. The molecule has 1 unspecified atom stereocenters. The van der Waals surface area contributed by atoms with Crippen LogP contribution in [-0.2, 0) is 11.2 Å². The van der Waals surface area contributed by atoms with Gasteiger partial charge < -0.3 is 10.1 Å². The van der Waals surface area contributed by atoms with Gasteiger partial charge in [0.15, 0.2) is 0 Å². The largest absolute Gasteiger partial charge is 0.377 e. The van der Waals surface area contributed by atoms with E-state index < -0.39 is 0 Å². The molecule has 1 N–H and O–H groups in total. The van der Waals surface area contributed by atoms with Crippen molar-refractivity contribution >= 4 is 11.3 Å². The summed E-state index contributed by atoms with van der Waals surface area (Å²) >= 11 is 1.71. The van der Waals surface area contributed by atoms with Crippen LogP contribution in [-0.4, -0.2) is 30.8 Å². The molecule has 0 aliphatic rings. The van der Waals surface area contributed by atoms with Crippen molar-refractivity contribution in [2.75, 3.05) is 14.2 Å². The van der Waals surface area contributed by atoms with Crippen molar-refractivity contribution in [3.05, 3.63) is 16.6 Å². The van der Waals surface area contributed by atoms with E-state index in [4.69, 9.17) is 4.74 Å². The number of nitrogens with one attached hydrogen (secondary N) is 1. The Hall–Kier alpha value is -0.450. The summed E-state index contributed by atoms with van der Waals surface area (Å²) < 4.78 is 5.75. The van der Waals surface area contributed by atoms with E-state index in [1.54, 1.807) is 18.4 Å². The minimum absolute atomic E-state index is 0.0829. The van der Waals surface area contributed by atoms with Crippen molar-refractivity contribution in [1.29, 1.82) is 0 Å². The summed E-state index contributed by atoms with van der Waals surface area (Å²) in [6, 6.07) is 0.318. The second-order valence-electron chi connectivity index (χ2n) is 3.95. The lowest BCUT2D eigenvalue weighted by atomic mass is 9.86. The van der Waals surface area contributed by atoms with Gasteiger partial charge in [0.25, 0.3) is 0 Å². The van der Waals surface area contributed by atoms with Crippen molar-refractivity contribution in [1.82, 2.24) is 10.3 Å². The second-order valence-corrected chi connectivity index (χ2v) is 4.93. The molecule has 0 aromatic carbocycles. The molecular formula is C12H22N2OS. The fraction of sp³-hybridized carbons (Fsp3) is 0.750. The van der Waals surface area contributed by atoms with Crippen LogP contribution in [0.4, 0.5) is 0 Å². The third-order valence-corrected chi connectivity index (χ3v) is 4.25. The van der Waals surface area contributed by atoms with Crippen LogP contribution in [0.2, 0.25) is 0 Å². The lowest BCUT2D eigenvalue weighted by Crippen LogP contribution is -2.51. The molecule has 0 radical (unpaired) electrons. The molecule has 1 aromatic rings. The zero-order chi connectivity index (χ0) is 12.0. The Labute approximate surface area is 102 Å². The first kappa shape index (κ1) is 13.6. The molecule has 0 aliphatic carbocycles. The number of aromatic nitrogens is 1. The highest BCUT2D eigenvalue weighted by Gasteiger charge is 2.35. The number of methoxy groups -OCH3 is 1. The molecule has 1 aromatic heterocycles. The Morgan fingerprint density at radius 1 is 1.50 bits per heavy atom. The summed E-state index contributed by atoms with van der Waals surface area (Å²) in [7, 11) is 3.80. The standard InChI is InChI=1S/C12H22N2OS/c1-5-12(6-2,15-4)10(13-3)9-11-14-7-8-16-11/h7-8,10,13H,5-6,9H2,1-4H3. The molecule has 0 saturated carbocycles. The Balaban J connectivity index is 2.78. The van der Waals surface area contributed by atoms with Gasteiger partial charge in [-0.05, 0) is 19.9 Å². The van der Waals surface area contributed by atoms with Crippen molar-refractivity contribution in [2.24, 2.45) is 0 Å². The maximum atomic E-state index is 5.75. The predicted molar refractivity (Wildman–Crippen MR) is 69.0 cm³/mol. The Morgan fingerprint density at radius 2 is 2.19 bits per heavy atom. The van der Waals surface area contributed by atoms with Crippen molar-refractivity contribution in [2.45, 2.75) is 44.8 Å². The van der Waals surface area contributed by atoms with Crippen LogP contribution in [0.3, 0.4) is 0 Å². The van der Waals surface area contributed by atoms with E-state index in [0.29, 0.717) is 6.04 Å². The van der Waals surface area contributed by atoms with Crippen LogP contribution in [0.1, 0.15) is 31.7 Å². The SMILES string of the molecule is CCC(CC)(OC)C(Cc1nccs1)NC. The first-order valence-electron chi connectivity index (χ1n) is 5.83. The third kappa shape index (κ3) is 2.81. The maximum absolute atomic E-state index is 5.75. The molecule has 0 aliphatic heterocycles. The molecule has 0 saturated heterocycles. The summed E-state index contributed by atoms with van der Waals surface area (Å²) in [6.45, 7) is 4.36. The minimum atomic E-state index is -0.0829. The number of thiazole rings is 1. The molecule has 4 heteroatoms. The van der Waals surface area contributed by atoms with E-state index in [-0.39, 0.29) is 5.60 Å². The molecular weight excluding hydrogens is 220 g/mol. The van der Waals surface area contributed by atoms with Crippen molar-refractivity contribution in [3.63, 3.8) is 0 Å². The molecule has 0 spiro atoms. The number of likely N-dealkylation sites (N-methyl/N-ethyl adjacent to an activating group) is 1. The van der Waals surface area contributed by atoms with Gasteiger partial charge >= 0.3 is 0 Å². The van der Waals surface area contributed by atoms with Crippen molar-refractivity contribution in [3.8, 4) is 0 Å². The third-order valence-electron chi connectivity index (χ3n) is 3.45. The van der Waals surface area contributed by atoms with E-state index in [1.807, 2.05) is 18.6 Å². The monoisotopic (exact) mass is 242 g/mol. The van der Waals surface area contributed by atoms with Gasteiger partial charge in [0.2, 0.25) is 0 Å². The van der Waals surface area contributed by atoms with Gasteiger partial charge in [-0.25, -0.2) is 4.98 Å². The normalized spacial score (nSPS) is 14.0. The number of ether oxygens (including phenoxy) is 1. The van der Waals surface area contributed by atoms with Gasteiger partial charge in [0, 0.05) is 31.1 Å². The van der Waals surface area contributed by atoms with Crippen LogP contribution in [0.25, 0.3) is 0 Å². The summed E-state index contributed by atoms with van der Waals surface area (Å²) in [6.07, 6.45) is 4.82. The smallest absolute Gasteiger partial charge is 0.0941 e. The van der Waals surface area contributed by atoms with Crippen LogP contribution in [0.15, 0.2) is 11.6 Å². The average molecular weight is 242 g/mol. The fourth-order valence-corrected chi connectivity index (χ4v) is 2.92. The Morgan fingerprint density at radius 3 is 2.56 bits per heavy atom. The highest BCUT2D eigenvalue weighted by molar-refractivity contribution is 7.09. The van der Waals surface area contributed by atoms with Crippen LogP contribution in [0, 0.1) is 0 Å². The minimum Gasteiger partial charge on any atom is -0.377 e. The summed E-state index contributed by atoms with van der Waals surface area (Å²) in [5.74, 6) is 0. The van der Waals surface area contributed by atoms with E-state index in [0.717, 1.165) is 19.3 Å². The molecule has 0 amide bonds. The average Bonchev–Trinajstić information content (AvgIpc) is 2.83. The maximum Gasteiger partial charge on any atom is 0.0941 e. The van der Waals surface area contributed by atoms with Gasteiger partial charge in [0.1, 0.15) is 0 Å². The van der Waals surface area contributed by atoms with Crippen LogP contribution >= 0.6 is 11.3 Å². The fourth-order valence-electron chi connectivity index (χ4n) is 2.25. The van der Waals surface area contributed by atoms with E-state index in [9.17, 15) is 0 Å². The highest BCUT2D eigenvalue weighted by Crippen LogP contribution is 2.26. The molecule has 0 fully saturated rings. The second kappa shape index (κ2) is 6.33. The summed E-state index contributed by atoms with van der Waals surface area (Å²) in [4.78, 5) is 4.34. The predicted octanol–water partition coefficient (Wildman–Crippen LogP) is 2.48. The van der Waals surface area contributed by atoms with Gasteiger partial charge in [-0.2, -0.15) is 0 Å². The quantitative estimate of drug-likeness (QED) is 0.797. The Bertz CT molecular complexity index is 275. The van der Waals surface area contributed by atoms with Gasteiger partial charge in [-0.3, -0.25) is 0 Å². The van der Waals surface area contributed by atoms with Crippen molar-refractivity contribution < 1.29 is 4.74 Å².